The van der Waals surface area contributed by atoms with Gasteiger partial charge in [0.25, 0.3) is 0 Å². The summed E-state index contributed by atoms with van der Waals surface area (Å²) in [7, 11) is 2.28. The number of hydrogen-bond donors (Lipinski definition) is 1. The van der Waals surface area contributed by atoms with Crippen molar-refractivity contribution in [2.75, 3.05) is 46.3 Å². The van der Waals surface area contributed by atoms with Gasteiger partial charge in [-0.3, -0.25) is 14.2 Å². The Hall–Kier alpha value is -3.14. The van der Waals surface area contributed by atoms with E-state index in [0.717, 1.165) is 81.8 Å². The summed E-state index contributed by atoms with van der Waals surface area (Å²) in [4.78, 5) is 18.8. The average Bonchev–Trinajstić information content (AvgIpc) is 3.70. The summed E-state index contributed by atoms with van der Waals surface area (Å²) in [6, 6.07) is 22.2. The van der Waals surface area contributed by atoms with E-state index in [9.17, 15) is 9.90 Å². The molecule has 9 nitrogen and oxygen atoms in total. The number of benzene rings is 2. The molecule has 236 valence electrons. The van der Waals surface area contributed by atoms with Crippen molar-refractivity contribution in [3.63, 3.8) is 0 Å². The number of carbonyl (C=O) groups is 1. The number of carboxylic acids is 1. The molecule has 0 bridgehead atoms. The molecule has 2 aromatic carbocycles. The first-order chi connectivity index (χ1) is 21.4. The van der Waals surface area contributed by atoms with E-state index in [-0.39, 0.29) is 5.92 Å². The summed E-state index contributed by atoms with van der Waals surface area (Å²) < 4.78 is 0.721. The molecule has 0 amide bonds. The number of likely N-dealkylation sites (tertiary alicyclic amines) is 2. The normalized spacial score (nSPS) is 26.9. The standard InChI is InChI=1S/C35H49N7O2/c1-3-42(2,35-36-38-41(37-35)23-27-12-6-4-7-13-27)31-18-20-39(21-19-31)24-30-25-40(26-32(30)28-14-8-5-9-15-28)33-17-11-10-16-29(33)22-34(43)44/h4-9,12-15,29-33H,3,10-11,16-26H2,1-2H3/p+1/t29?,30-,32+,33+,42?/m0/s1. The fourth-order valence-corrected chi connectivity index (χ4v) is 8.39. The Balaban J connectivity index is 1.10. The summed E-state index contributed by atoms with van der Waals surface area (Å²) in [6.45, 7) is 9.19. The van der Waals surface area contributed by atoms with Gasteiger partial charge in [-0.05, 0) is 47.9 Å². The van der Waals surface area contributed by atoms with Crippen LogP contribution >= 0.6 is 0 Å². The second-order valence-electron chi connectivity index (χ2n) is 13.7. The third kappa shape index (κ3) is 6.90. The number of tetrazole rings is 1. The molecule has 6 rings (SSSR count). The molecule has 3 aromatic rings. The SMILES string of the molecule is CC[N+](C)(c1nnn(Cc2ccccc2)n1)C1CCN(C[C@H]2CN([C@@H]3CCCCC3CC(=O)O)C[C@@H]2c2ccccc2)CC1. The van der Waals surface area contributed by atoms with Crippen molar-refractivity contribution in [3.8, 4) is 0 Å². The molecule has 44 heavy (non-hydrogen) atoms. The van der Waals surface area contributed by atoms with Crippen LogP contribution < -0.4 is 4.48 Å². The molecule has 3 aliphatic rings. The van der Waals surface area contributed by atoms with Crippen LogP contribution in [0.3, 0.4) is 0 Å². The Morgan fingerprint density at radius 3 is 2.34 bits per heavy atom. The largest absolute Gasteiger partial charge is 0.481 e. The fourth-order valence-electron chi connectivity index (χ4n) is 8.39. The second-order valence-corrected chi connectivity index (χ2v) is 13.7. The van der Waals surface area contributed by atoms with E-state index in [2.05, 4.69) is 76.5 Å². The topological polar surface area (TPSA) is 87.4 Å². The highest BCUT2D eigenvalue weighted by atomic mass is 16.4. The predicted octanol–water partition coefficient (Wildman–Crippen LogP) is 4.89. The van der Waals surface area contributed by atoms with E-state index in [4.69, 9.17) is 5.10 Å². The van der Waals surface area contributed by atoms with Gasteiger partial charge in [-0.25, -0.2) is 0 Å². The number of hydrogen-bond acceptors (Lipinski definition) is 6. The lowest BCUT2D eigenvalue weighted by Crippen LogP contribution is -2.58. The summed E-state index contributed by atoms with van der Waals surface area (Å²) in [5.41, 5.74) is 2.61. The molecule has 1 aliphatic carbocycles. The molecule has 9 heteroatoms. The van der Waals surface area contributed by atoms with Gasteiger partial charge in [0.2, 0.25) is 0 Å². The lowest BCUT2D eigenvalue weighted by molar-refractivity contribution is -0.139. The average molecular weight is 601 g/mol. The first-order valence-electron chi connectivity index (χ1n) is 16.8. The van der Waals surface area contributed by atoms with E-state index in [0.29, 0.717) is 36.9 Å². The highest BCUT2D eigenvalue weighted by Crippen LogP contribution is 2.40. The summed E-state index contributed by atoms with van der Waals surface area (Å²) in [6.07, 6.45) is 7.10. The van der Waals surface area contributed by atoms with Crippen LogP contribution in [0.5, 0.6) is 0 Å². The highest BCUT2D eigenvalue weighted by molar-refractivity contribution is 5.67. The van der Waals surface area contributed by atoms with Gasteiger partial charge < -0.3 is 10.0 Å². The quantitative estimate of drug-likeness (QED) is 0.314. The molecule has 2 saturated heterocycles. The van der Waals surface area contributed by atoms with E-state index < -0.39 is 5.97 Å². The van der Waals surface area contributed by atoms with Crippen molar-refractivity contribution < 1.29 is 9.90 Å². The van der Waals surface area contributed by atoms with Crippen molar-refractivity contribution in [2.45, 2.75) is 76.4 Å². The van der Waals surface area contributed by atoms with Gasteiger partial charge in [-0.2, -0.15) is 4.80 Å². The molecule has 2 unspecified atom stereocenters. The Kier molecular flexibility index (Phi) is 9.74. The Labute approximate surface area is 262 Å². The minimum Gasteiger partial charge on any atom is -0.481 e. The van der Waals surface area contributed by atoms with Gasteiger partial charge in [-0.1, -0.05) is 83.7 Å². The first kappa shape index (κ1) is 30.9. The van der Waals surface area contributed by atoms with Crippen LogP contribution in [0.15, 0.2) is 60.7 Å². The van der Waals surface area contributed by atoms with Gasteiger partial charge in [0.15, 0.2) is 0 Å². The first-order valence-corrected chi connectivity index (χ1v) is 16.8. The van der Waals surface area contributed by atoms with E-state index in [1.165, 1.54) is 17.5 Å². The van der Waals surface area contributed by atoms with Crippen molar-refractivity contribution in [2.24, 2.45) is 11.8 Å². The van der Waals surface area contributed by atoms with Crippen LogP contribution in [0.1, 0.15) is 68.9 Å². The molecule has 1 aromatic heterocycles. The number of rotatable bonds is 11. The van der Waals surface area contributed by atoms with Crippen molar-refractivity contribution in [1.29, 1.82) is 0 Å². The molecular weight excluding hydrogens is 550 g/mol. The maximum absolute atomic E-state index is 11.7. The molecule has 5 atom stereocenters. The zero-order valence-electron chi connectivity index (χ0n) is 26.5. The Morgan fingerprint density at radius 1 is 0.932 bits per heavy atom. The Morgan fingerprint density at radius 2 is 1.64 bits per heavy atom. The van der Waals surface area contributed by atoms with Crippen molar-refractivity contribution in [3.05, 3.63) is 71.8 Å². The van der Waals surface area contributed by atoms with Crippen LogP contribution in [0.2, 0.25) is 0 Å². The number of nitrogens with zero attached hydrogens (tertiary/aromatic N) is 7. The van der Waals surface area contributed by atoms with Gasteiger partial charge in [0, 0.05) is 63.9 Å². The maximum Gasteiger partial charge on any atom is 0.367 e. The predicted molar refractivity (Wildman–Crippen MR) is 173 cm³/mol. The molecule has 1 saturated carbocycles. The number of aromatic nitrogens is 4. The van der Waals surface area contributed by atoms with Crippen LogP contribution in [0.4, 0.5) is 5.95 Å². The highest BCUT2D eigenvalue weighted by Gasteiger charge is 2.43. The number of piperidine rings is 1. The lowest BCUT2D eigenvalue weighted by Gasteiger charge is -2.42. The monoisotopic (exact) mass is 600 g/mol. The van der Waals surface area contributed by atoms with Crippen LogP contribution in [-0.4, -0.2) is 99.5 Å². The molecule has 3 heterocycles. The minimum atomic E-state index is -0.647. The van der Waals surface area contributed by atoms with E-state index >= 15 is 0 Å². The van der Waals surface area contributed by atoms with E-state index in [1.54, 1.807) is 4.80 Å². The van der Waals surface area contributed by atoms with Gasteiger partial charge in [0.05, 0.1) is 26.2 Å². The molecular formula is C35H50N7O2+. The zero-order valence-corrected chi connectivity index (χ0v) is 26.5. The van der Waals surface area contributed by atoms with Gasteiger partial charge in [-0.15, -0.1) is 0 Å². The molecule has 1 N–H and O–H groups in total. The van der Waals surface area contributed by atoms with Crippen molar-refractivity contribution in [1.82, 2.24) is 34.5 Å². The van der Waals surface area contributed by atoms with Crippen LogP contribution in [0.25, 0.3) is 0 Å². The Bertz CT molecular complexity index is 1340. The summed E-state index contributed by atoms with van der Waals surface area (Å²) >= 11 is 0. The zero-order chi connectivity index (χ0) is 30.5. The van der Waals surface area contributed by atoms with Crippen LogP contribution in [0, 0.1) is 11.8 Å². The third-order valence-corrected chi connectivity index (χ3v) is 11.1. The number of quaternary nitrogens is 1. The van der Waals surface area contributed by atoms with Gasteiger partial charge >= 0.3 is 11.9 Å². The summed E-state index contributed by atoms with van der Waals surface area (Å²) in [5, 5.41) is 23.4. The smallest absolute Gasteiger partial charge is 0.367 e. The minimum absolute atomic E-state index is 0.274. The van der Waals surface area contributed by atoms with Crippen LogP contribution in [-0.2, 0) is 11.3 Å². The molecule has 2 aliphatic heterocycles. The number of aliphatic carboxylic acids is 1. The fraction of sp³-hybridized carbons (Fsp3) is 0.600. The maximum atomic E-state index is 11.7. The third-order valence-electron chi connectivity index (χ3n) is 11.1. The van der Waals surface area contributed by atoms with E-state index in [1.807, 2.05) is 18.2 Å². The second kappa shape index (κ2) is 13.9. The molecule has 3 fully saturated rings. The molecule has 0 radical (unpaired) electrons. The lowest BCUT2D eigenvalue weighted by atomic mass is 9.81. The molecule has 0 spiro atoms. The summed E-state index contributed by atoms with van der Waals surface area (Å²) in [5.74, 6) is 1.48. The van der Waals surface area contributed by atoms with Crippen molar-refractivity contribution >= 4 is 11.9 Å². The van der Waals surface area contributed by atoms with Gasteiger partial charge in [0.1, 0.15) is 0 Å². The number of carboxylic acid groups (broad SMARTS) is 1.